The van der Waals surface area contributed by atoms with Crippen molar-refractivity contribution >= 4 is 12.2 Å². The van der Waals surface area contributed by atoms with Crippen LogP contribution in [0.15, 0.2) is 10.2 Å². The summed E-state index contributed by atoms with van der Waals surface area (Å²) in [6, 6.07) is 0. The third kappa shape index (κ3) is 3.45. The minimum Gasteiger partial charge on any atom is -0.454 e. The Morgan fingerprint density at radius 2 is 2.05 bits per heavy atom. The molecule has 1 N–H and O–H groups in total. The number of hydrogen-bond donors (Lipinski definition) is 1. The lowest BCUT2D eigenvalue weighted by atomic mass is 10.1. The van der Waals surface area contributed by atoms with Gasteiger partial charge in [-0.05, 0) is 48.6 Å². The third-order valence-corrected chi connectivity index (χ3v) is 4.32. The van der Waals surface area contributed by atoms with E-state index in [4.69, 9.17) is 21.2 Å². The predicted molar refractivity (Wildman–Crippen MR) is 74.6 cm³/mol. The maximum Gasteiger partial charge on any atom is 0.349 e. The second kappa shape index (κ2) is 6.47. The molecule has 21 heavy (non-hydrogen) atoms. The lowest BCUT2D eigenvalue weighted by molar-refractivity contribution is -0.143. The first-order valence-electron chi connectivity index (χ1n) is 6.93. The zero-order valence-electron chi connectivity index (χ0n) is 11.6. The van der Waals surface area contributed by atoms with Crippen LogP contribution in [0.3, 0.4) is 0 Å². The van der Waals surface area contributed by atoms with E-state index in [0.29, 0.717) is 25.2 Å². The monoisotopic (exact) mass is 291 g/mol. The largest absolute Gasteiger partial charge is 0.454 e. The van der Waals surface area contributed by atoms with E-state index in [0.717, 1.165) is 25.7 Å². The molecule has 0 spiro atoms. The van der Waals surface area contributed by atoms with Gasteiger partial charge in [0.2, 0.25) is 0 Å². The summed E-state index contributed by atoms with van der Waals surface area (Å²) in [5, 5.41) is 14.1. The minimum absolute atomic E-state index is 0.193. The summed E-state index contributed by atoms with van der Waals surface area (Å²) in [4.78, 5) is 16.8. The molecule has 0 bridgehead atoms. The van der Waals surface area contributed by atoms with Gasteiger partial charge in [-0.25, -0.2) is 4.79 Å². The van der Waals surface area contributed by atoms with Gasteiger partial charge in [-0.2, -0.15) is 0 Å². The number of carbonyl (C=O) groups is 1. The van der Waals surface area contributed by atoms with E-state index >= 15 is 0 Å². The predicted octanol–water partition coefficient (Wildman–Crippen LogP) is 2.97. The first-order chi connectivity index (χ1) is 10.2. The van der Waals surface area contributed by atoms with Crippen LogP contribution >= 0.6 is 0 Å². The number of ether oxygens (including phenoxy) is 1. The number of rotatable bonds is 9. The zero-order chi connectivity index (χ0) is 15.3. The Balaban J connectivity index is 1.95. The Kier molecular flexibility index (Phi) is 4.67. The molecule has 2 aliphatic rings. The van der Waals surface area contributed by atoms with Crippen molar-refractivity contribution in [3.63, 3.8) is 0 Å². The van der Waals surface area contributed by atoms with Crippen molar-refractivity contribution < 1.29 is 9.53 Å². The molecule has 112 valence electrons. The van der Waals surface area contributed by atoms with Gasteiger partial charge in [-0.3, -0.25) is 0 Å². The van der Waals surface area contributed by atoms with Gasteiger partial charge in [0.15, 0.2) is 0 Å². The van der Waals surface area contributed by atoms with Crippen LogP contribution in [0.5, 0.6) is 0 Å². The average Bonchev–Trinajstić information content (AvgIpc) is 3.38. The molecule has 0 heterocycles. The third-order valence-electron chi connectivity index (χ3n) is 4.32. The Labute approximate surface area is 121 Å². The molecule has 0 aromatic heterocycles. The lowest BCUT2D eigenvalue weighted by Crippen LogP contribution is -2.24. The van der Waals surface area contributed by atoms with E-state index in [9.17, 15) is 4.79 Å². The summed E-state index contributed by atoms with van der Waals surface area (Å²) >= 11 is 0. The molecule has 0 aromatic rings. The number of nitrogens with one attached hydrogen (secondary N) is 1. The van der Waals surface area contributed by atoms with Gasteiger partial charge in [0.05, 0.1) is 0 Å². The number of hydrogen-bond acceptors (Lipinski definition) is 5. The fourth-order valence-corrected chi connectivity index (χ4v) is 3.30. The summed E-state index contributed by atoms with van der Waals surface area (Å²) < 4.78 is 5.39. The zero-order valence-corrected chi connectivity index (χ0v) is 11.6. The van der Waals surface area contributed by atoms with Gasteiger partial charge in [-0.1, -0.05) is 10.2 Å². The second-order valence-electron chi connectivity index (χ2n) is 5.49. The van der Waals surface area contributed by atoms with E-state index in [1.165, 1.54) is 0 Å². The van der Waals surface area contributed by atoms with Crippen LogP contribution in [0.2, 0.25) is 0 Å². The van der Waals surface area contributed by atoms with Crippen LogP contribution in [0, 0.1) is 23.2 Å². The van der Waals surface area contributed by atoms with Crippen molar-refractivity contribution in [2.75, 3.05) is 13.1 Å². The van der Waals surface area contributed by atoms with Crippen molar-refractivity contribution in [1.29, 1.82) is 5.41 Å². The second-order valence-corrected chi connectivity index (χ2v) is 5.49. The quantitative estimate of drug-likeness (QED) is 0.174. The SMILES string of the molecule is [N-]=[N+]=NCCCC1C(CN=[N+]=[N-])C1C1(OC(=O)C=N)CC1. The van der Waals surface area contributed by atoms with Gasteiger partial charge in [-0.15, -0.1) is 0 Å². The summed E-state index contributed by atoms with van der Waals surface area (Å²) in [6.07, 6.45) is 3.92. The Morgan fingerprint density at radius 3 is 2.62 bits per heavy atom. The van der Waals surface area contributed by atoms with Crippen molar-refractivity contribution in [1.82, 2.24) is 0 Å². The molecule has 0 aliphatic heterocycles. The Hall–Kier alpha value is -2.24. The summed E-state index contributed by atoms with van der Waals surface area (Å²) in [5.74, 6) is 0.117. The molecule has 9 nitrogen and oxygen atoms in total. The molecule has 2 rings (SSSR count). The molecule has 9 heteroatoms. The van der Waals surface area contributed by atoms with Gasteiger partial charge in [0.1, 0.15) is 11.8 Å². The van der Waals surface area contributed by atoms with Crippen molar-refractivity contribution in [3.8, 4) is 0 Å². The first kappa shape index (κ1) is 15.2. The molecule has 2 saturated carbocycles. The van der Waals surface area contributed by atoms with Crippen LogP contribution in [0.25, 0.3) is 20.9 Å². The van der Waals surface area contributed by atoms with Crippen LogP contribution in [-0.2, 0) is 9.53 Å². The first-order valence-corrected chi connectivity index (χ1v) is 6.93. The molecule has 0 radical (unpaired) electrons. The normalized spacial score (nSPS) is 27.7. The number of azide groups is 2. The van der Waals surface area contributed by atoms with Gasteiger partial charge in [0.25, 0.3) is 0 Å². The molecule has 2 aliphatic carbocycles. The van der Waals surface area contributed by atoms with Crippen molar-refractivity contribution in [2.45, 2.75) is 31.3 Å². The van der Waals surface area contributed by atoms with Crippen LogP contribution in [0.4, 0.5) is 0 Å². The molecule has 0 amide bonds. The van der Waals surface area contributed by atoms with E-state index in [-0.39, 0.29) is 11.8 Å². The van der Waals surface area contributed by atoms with Crippen molar-refractivity contribution in [2.24, 2.45) is 28.0 Å². The molecular formula is C12H17N7O2. The molecule has 2 fully saturated rings. The van der Waals surface area contributed by atoms with Crippen LogP contribution in [0.1, 0.15) is 25.7 Å². The highest BCUT2D eigenvalue weighted by atomic mass is 16.6. The standard InChI is InChI=1S/C12H17N7O2/c13-6-10(20)21-12(3-4-12)11-8(2-1-5-16-18-14)9(11)7-17-19-15/h6,8-9,11,13H,1-5,7H2. The van der Waals surface area contributed by atoms with Crippen LogP contribution in [-0.4, -0.2) is 30.9 Å². The highest BCUT2D eigenvalue weighted by molar-refractivity contribution is 6.21. The lowest BCUT2D eigenvalue weighted by Gasteiger charge is -2.15. The van der Waals surface area contributed by atoms with Gasteiger partial charge >= 0.3 is 5.97 Å². The Bertz CT molecular complexity index is 518. The van der Waals surface area contributed by atoms with Gasteiger partial charge in [0, 0.05) is 28.8 Å². The summed E-state index contributed by atoms with van der Waals surface area (Å²) in [7, 11) is 0. The number of nitrogens with zero attached hydrogens (tertiary/aromatic N) is 6. The molecule has 0 saturated heterocycles. The number of esters is 1. The van der Waals surface area contributed by atoms with Gasteiger partial charge < -0.3 is 10.1 Å². The summed E-state index contributed by atoms with van der Waals surface area (Å²) in [6.45, 7) is 0.846. The fourth-order valence-electron chi connectivity index (χ4n) is 3.30. The Morgan fingerprint density at radius 1 is 1.33 bits per heavy atom. The highest BCUT2D eigenvalue weighted by Crippen LogP contribution is 2.64. The molecule has 3 atom stereocenters. The van der Waals surface area contributed by atoms with E-state index < -0.39 is 11.6 Å². The van der Waals surface area contributed by atoms with Crippen LogP contribution < -0.4 is 0 Å². The maximum atomic E-state index is 11.3. The maximum absolute atomic E-state index is 11.3. The fraction of sp³-hybridized carbons (Fsp3) is 0.833. The molecule has 3 unspecified atom stereocenters. The van der Waals surface area contributed by atoms with E-state index in [1.54, 1.807) is 0 Å². The smallest absolute Gasteiger partial charge is 0.349 e. The van der Waals surface area contributed by atoms with Crippen molar-refractivity contribution in [3.05, 3.63) is 20.9 Å². The minimum atomic E-state index is -0.616. The average molecular weight is 291 g/mol. The molecular weight excluding hydrogens is 274 g/mol. The highest BCUT2D eigenvalue weighted by Gasteiger charge is 2.67. The number of carbonyl (C=O) groups excluding carboxylic acids is 1. The summed E-state index contributed by atoms with van der Waals surface area (Å²) in [5.41, 5.74) is 16.2. The topological polar surface area (TPSA) is 148 Å². The van der Waals surface area contributed by atoms with E-state index in [1.807, 2.05) is 0 Å². The van der Waals surface area contributed by atoms with E-state index in [2.05, 4.69) is 20.1 Å². The molecule has 0 aromatic carbocycles.